The van der Waals surface area contributed by atoms with E-state index in [0.717, 1.165) is 11.3 Å². The Balaban J connectivity index is 1.57. The van der Waals surface area contributed by atoms with E-state index in [4.69, 9.17) is 0 Å². The Labute approximate surface area is 162 Å². The van der Waals surface area contributed by atoms with Gasteiger partial charge in [-0.2, -0.15) is 0 Å². The van der Waals surface area contributed by atoms with Gasteiger partial charge in [0.05, 0.1) is 6.54 Å². The fraction of sp³-hybridized carbons (Fsp3) is 0.190. The smallest absolute Gasteiger partial charge is 0.257 e. The minimum atomic E-state index is -0.586. The van der Waals surface area contributed by atoms with Crippen LogP contribution in [0.2, 0.25) is 0 Å². The van der Waals surface area contributed by atoms with Crippen LogP contribution in [0.5, 0.6) is 0 Å². The molecule has 3 N–H and O–H groups in total. The first kappa shape index (κ1) is 19.2. The van der Waals surface area contributed by atoms with Gasteiger partial charge < -0.3 is 20.5 Å². The number of carbonyl (C=O) groups excluding carboxylic acids is 2. The summed E-state index contributed by atoms with van der Waals surface area (Å²) in [6.07, 6.45) is 1.37. The van der Waals surface area contributed by atoms with Crippen LogP contribution < -0.4 is 21.0 Å². The molecule has 2 aromatic carbocycles. The molecule has 0 saturated heterocycles. The van der Waals surface area contributed by atoms with Gasteiger partial charge in [0.15, 0.2) is 0 Å². The maximum Gasteiger partial charge on any atom is 0.257 e. The average molecular weight is 378 g/mol. The van der Waals surface area contributed by atoms with Crippen molar-refractivity contribution in [3.63, 3.8) is 0 Å². The number of hydrogen-bond acceptors (Lipinski definition) is 4. The van der Waals surface area contributed by atoms with Crippen LogP contribution in [-0.4, -0.2) is 37.4 Å². The van der Waals surface area contributed by atoms with Gasteiger partial charge in [0, 0.05) is 43.4 Å². The van der Waals surface area contributed by atoms with E-state index in [0.29, 0.717) is 17.4 Å². The molecule has 28 heavy (non-hydrogen) atoms. The van der Waals surface area contributed by atoms with Crippen LogP contribution in [0, 0.1) is 0 Å². The summed E-state index contributed by atoms with van der Waals surface area (Å²) in [6, 6.07) is 14.7. The molecule has 0 atom stereocenters. The lowest BCUT2D eigenvalue weighted by Crippen LogP contribution is -2.38. The Morgan fingerprint density at radius 3 is 2.61 bits per heavy atom. The molecule has 0 fully saturated rings. The Hall–Kier alpha value is -3.61. The summed E-state index contributed by atoms with van der Waals surface area (Å²) in [4.78, 5) is 41.7. The number of benzene rings is 2. The van der Waals surface area contributed by atoms with E-state index >= 15 is 0 Å². The van der Waals surface area contributed by atoms with Crippen molar-refractivity contribution in [2.24, 2.45) is 0 Å². The molecule has 0 bridgehead atoms. The second-order valence-corrected chi connectivity index (χ2v) is 6.60. The van der Waals surface area contributed by atoms with E-state index in [9.17, 15) is 14.4 Å². The Kier molecular flexibility index (Phi) is 5.74. The number of rotatable bonds is 6. The second-order valence-electron chi connectivity index (χ2n) is 6.60. The van der Waals surface area contributed by atoms with Crippen molar-refractivity contribution >= 4 is 28.4 Å². The van der Waals surface area contributed by atoms with Gasteiger partial charge >= 0.3 is 0 Å². The van der Waals surface area contributed by atoms with Crippen LogP contribution in [0.25, 0.3) is 10.9 Å². The van der Waals surface area contributed by atoms with Crippen LogP contribution in [0.15, 0.2) is 59.5 Å². The van der Waals surface area contributed by atoms with Gasteiger partial charge in [-0.05, 0) is 29.8 Å². The van der Waals surface area contributed by atoms with Crippen LogP contribution >= 0.6 is 0 Å². The van der Waals surface area contributed by atoms with Gasteiger partial charge in [0.1, 0.15) is 5.56 Å². The molecule has 0 spiro atoms. The minimum Gasteiger partial charge on any atom is -0.378 e. The van der Waals surface area contributed by atoms with Crippen LogP contribution in [0.3, 0.4) is 0 Å². The van der Waals surface area contributed by atoms with Crippen molar-refractivity contribution in [3.8, 4) is 0 Å². The molecule has 0 aliphatic rings. The van der Waals surface area contributed by atoms with Crippen molar-refractivity contribution in [1.82, 2.24) is 15.6 Å². The van der Waals surface area contributed by atoms with Crippen LogP contribution in [0.4, 0.5) is 5.69 Å². The zero-order chi connectivity index (χ0) is 20.1. The van der Waals surface area contributed by atoms with E-state index in [1.54, 1.807) is 24.3 Å². The van der Waals surface area contributed by atoms with Crippen molar-refractivity contribution < 1.29 is 9.59 Å². The fourth-order valence-corrected chi connectivity index (χ4v) is 2.80. The third kappa shape index (κ3) is 4.37. The molecule has 144 valence electrons. The van der Waals surface area contributed by atoms with Crippen molar-refractivity contribution in [3.05, 3.63) is 76.1 Å². The number of fused-ring (bicyclic) bond motifs is 1. The molecule has 0 aliphatic carbocycles. The summed E-state index contributed by atoms with van der Waals surface area (Å²) in [7, 11) is 3.89. The Bertz CT molecular complexity index is 1070. The zero-order valence-corrected chi connectivity index (χ0v) is 15.8. The summed E-state index contributed by atoms with van der Waals surface area (Å²) in [5.74, 6) is -0.919. The van der Waals surface area contributed by atoms with Crippen LogP contribution in [-0.2, 0) is 11.3 Å². The highest BCUT2D eigenvalue weighted by atomic mass is 16.2. The van der Waals surface area contributed by atoms with Gasteiger partial charge in [-0.3, -0.25) is 14.4 Å². The molecule has 3 rings (SSSR count). The monoisotopic (exact) mass is 378 g/mol. The first-order valence-electron chi connectivity index (χ1n) is 8.87. The van der Waals surface area contributed by atoms with Gasteiger partial charge in [-0.15, -0.1) is 0 Å². The number of aromatic nitrogens is 1. The largest absolute Gasteiger partial charge is 0.378 e. The first-order valence-corrected chi connectivity index (χ1v) is 8.87. The van der Waals surface area contributed by atoms with E-state index in [1.807, 2.05) is 43.3 Å². The highest BCUT2D eigenvalue weighted by Gasteiger charge is 2.13. The summed E-state index contributed by atoms with van der Waals surface area (Å²) < 4.78 is 0. The predicted octanol–water partition coefficient (Wildman–Crippen LogP) is 1.64. The van der Waals surface area contributed by atoms with E-state index in [-0.39, 0.29) is 23.4 Å². The SMILES string of the molecule is CN(C)c1cccc(CNC(=O)CNC(=O)c2c[nH]c3ccccc3c2=O)c1. The summed E-state index contributed by atoms with van der Waals surface area (Å²) in [5.41, 5.74) is 2.26. The van der Waals surface area contributed by atoms with Gasteiger partial charge in [0.2, 0.25) is 11.3 Å². The molecule has 0 aliphatic heterocycles. The molecule has 7 nitrogen and oxygen atoms in total. The number of para-hydroxylation sites is 1. The number of nitrogens with zero attached hydrogens (tertiary/aromatic N) is 1. The number of nitrogens with one attached hydrogen (secondary N) is 3. The quantitative estimate of drug-likeness (QED) is 0.608. The third-order valence-electron chi connectivity index (χ3n) is 4.36. The molecule has 1 heterocycles. The van der Waals surface area contributed by atoms with Crippen molar-refractivity contribution in [2.45, 2.75) is 6.54 Å². The molecular formula is C21H22N4O3. The molecular weight excluding hydrogens is 356 g/mol. The number of H-pyrrole nitrogens is 1. The number of anilines is 1. The number of aromatic amines is 1. The minimum absolute atomic E-state index is 0.0230. The van der Waals surface area contributed by atoms with Gasteiger partial charge in [-0.25, -0.2) is 0 Å². The Morgan fingerprint density at radius 1 is 1.04 bits per heavy atom. The summed E-state index contributed by atoms with van der Waals surface area (Å²) in [6.45, 7) is 0.144. The standard InChI is InChI=1S/C21H22N4O3/c1-25(2)15-7-5-6-14(10-15)11-23-19(26)13-24-21(28)17-12-22-18-9-4-3-8-16(18)20(17)27/h3-10,12H,11,13H2,1-2H3,(H,22,27)(H,23,26)(H,24,28). The predicted molar refractivity (Wildman–Crippen MR) is 110 cm³/mol. The van der Waals surface area contributed by atoms with Crippen molar-refractivity contribution in [2.75, 3.05) is 25.5 Å². The zero-order valence-electron chi connectivity index (χ0n) is 15.8. The van der Waals surface area contributed by atoms with Gasteiger partial charge in [-0.1, -0.05) is 24.3 Å². The molecule has 2 amide bonds. The lowest BCUT2D eigenvalue weighted by molar-refractivity contribution is -0.120. The van der Waals surface area contributed by atoms with Gasteiger partial charge in [0.25, 0.3) is 5.91 Å². The highest BCUT2D eigenvalue weighted by molar-refractivity contribution is 5.98. The molecule has 3 aromatic rings. The second kappa shape index (κ2) is 8.39. The number of carbonyl (C=O) groups is 2. The van der Waals surface area contributed by atoms with Crippen LogP contribution in [0.1, 0.15) is 15.9 Å². The molecule has 0 saturated carbocycles. The summed E-state index contributed by atoms with van der Waals surface area (Å²) >= 11 is 0. The number of hydrogen-bond donors (Lipinski definition) is 3. The normalized spacial score (nSPS) is 10.5. The topological polar surface area (TPSA) is 94.3 Å². The lowest BCUT2D eigenvalue weighted by atomic mass is 10.1. The molecule has 0 unspecified atom stereocenters. The fourth-order valence-electron chi connectivity index (χ4n) is 2.80. The molecule has 1 aromatic heterocycles. The number of amides is 2. The maximum atomic E-state index is 12.4. The van der Waals surface area contributed by atoms with Crippen molar-refractivity contribution in [1.29, 1.82) is 0 Å². The van der Waals surface area contributed by atoms with E-state index in [2.05, 4.69) is 15.6 Å². The van der Waals surface area contributed by atoms with E-state index in [1.165, 1.54) is 6.20 Å². The van der Waals surface area contributed by atoms with E-state index < -0.39 is 5.91 Å². The highest BCUT2D eigenvalue weighted by Crippen LogP contribution is 2.13. The third-order valence-corrected chi connectivity index (χ3v) is 4.36. The first-order chi connectivity index (χ1) is 13.5. The molecule has 0 radical (unpaired) electrons. The maximum absolute atomic E-state index is 12.4. The molecule has 7 heteroatoms. The summed E-state index contributed by atoms with van der Waals surface area (Å²) in [5, 5.41) is 5.68. The number of pyridine rings is 1. The average Bonchev–Trinajstić information content (AvgIpc) is 2.71. The lowest BCUT2D eigenvalue weighted by Gasteiger charge is -2.14. The Morgan fingerprint density at radius 2 is 1.82 bits per heavy atom.